The molecular weight excluding hydrogens is 260 g/mol. The van der Waals surface area contributed by atoms with Gasteiger partial charge in [-0.25, -0.2) is 9.97 Å². The number of hydrogen-bond donors (Lipinski definition) is 2. The average molecular weight is 290 g/mol. The Morgan fingerprint density at radius 1 is 1.05 bits per heavy atom. The number of nitrogens with one attached hydrogen (secondary N) is 2. The van der Waals surface area contributed by atoms with E-state index in [0.717, 1.165) is 24.0 Å². The first-order valence-electron chi connectivity index (χ1n) is 8.58. The van der Waals surface area contributed by atoms with Crippen LogP contribution in [0, 0.1) is 0 Å². The van der Waals surface area contributed by atoms with Crippen LogP contribution in [0.2, 0.25) is 0 Å². The van der Waals surface area contributed by atoms with Gasteiger partial charge in [0.05, 0.1) is 0 Å². The molecule has 1 aliphatic carbocycles. The molecule has 0 aliphatic heterocycles. The number of nitrogens with zero attached hydrogens (tertiary/aromatic N) is 2. The van der Waals surface area contributed by atoms with Crippen molar-refractivity contribution < 1.29 is 0 Å². The minimum Gasteiger partial charge on any atom is -0.370 e. The first-order chi connectivity index (χ1) is 10.2. The standard InChI is InChI=1S/C17H30N4/c1-4-18-15-12-16(21-17(20-15)13(2)3)19-14-10-8-6-5-7-9-11-14/h12-14H,4-11H2,1-3H3,(H2,18,19,20,21). The van der Waals surface area contributed by atoms with Gasteiger partial charge in [-0.2, -0.15) is 0 Å². The lowest BCUT2D eigenvalue weighted by Gasteiger charge is -2.22. The van der Waals surface area contributed by atoms with Crippen molar-refractivity contribution in [1.82, 2.24) is 9.97 Å². The fourth-order valence-electron chi connectivity index (χ4n) is 2.88. The molecule has 0 spiro atoms. The second kappa shape index (κ2) is 8.20. The van der Waals surface area contributed by atoms with Crippen LogP contribution in [0.3, 0.4) is 0 Å². The van der Waals surface area contributed by atoms with Gasteiger partial charge >= 0.3 is 0 Å². The maximum absolute atomic E-state index is 4.70. The summed E-state index contributed by atoms with van der Waals surface area (Å²) < 4.78 is 0. The van der Waals surface area contributed by atoms with Crippen LogP contribution < -0.4 is 10.6 Å². The first kappa shape index (κ1) is 16.1. The van der Waals surface area contributed by atoms with E-state index in [0.29, 0.717) is 12.0 Å². The summed E-state index contributed by atoms with van der Waals surface area (Å²) in [5, 5.41) is 6.96. The van der Waals surface area contributed by atoms with Crippen LogP contribution in [0.5, 0.6) is 0 Å². The monoisotopic (exact) mass is 290 g/mol. The van der Waals surface area contributed by atoms with Crippen LogP contribution in [0.15, 0.2) is 6.07 Å². The second-order valence-corrected chi connectivity index (χ2v) is 6.37. The van der Waals surface area contributed by atoms with E-state index in [1.807, 2.05) is 6.07 Å². The largest absolute Gasteiger partial charge is 0.370 e. The van der Waals surface area contributed by atoms with E-state index in [1.165, 1.54) is 44.9 Å². The predicted molar refractivity (Wildman–Crippen MR) is 90.0 cm³/mol. The summed E-state index contributed by atoms with van der Waals surface area (Å²) in [5.74, 6) is 3.18. The highest BCUT2D eigenvalue weighted by Gasteiger charge is 2.14. The van der Waals surface area contributed by atoms with Crippen molar-refractivity contribution in [1.29, 1.82) is 0 Å². The molecule has 1 fully saturated rings. The second-order valence-electron chi connectivity index (χ2n) is 6.37. The minimum atomic E-state index is 0.349. The molecule has 2 N–H and O–H groups in total. The molecule has 21 heavy (non-hydrogen) atoms. The fraction of sp³-hybridized carbons (Fsp3) is 0.765. The molecule has 1 saturated carbocycles. The van der Waals surface area contributed by atoms with E-state index in [9.17, 15) is 0 Å². The molecule has 1 heterocycles. The van der Waals surface area contributed by atoms with Crippen LogP contribution in [0.1, 0.15) is 77.5 Å². The molecule has 0 bridgehead atoms. The van der Waals surface area contributed by atoms with Crippen LogP contribution in [-0.2, 0) is 0 Å². The normalized spacial score (nSPS) is 17.3. The van der Waals surface area contributed by atoms with Gasteiger partial charge < -0.3 is 10.6 Å². The van der Waals surface area contributed by atoms with Gasteiger partial charge in [-0.1, -0.05) is 46.0 Å². The van der Waals surface area contributed by atoms with Gasteiger partial charge in [0.15, 0.2) is 0 Å². The Hall–Kier alpha value is -1.32. The quantitative estimate of drug-likeness (QED) is 0.835. The highest BCUT2D eigenvalue weighted by Crippen LogP contribution is 2.22. The number of hydrogen-bond acceptors (Lipinski definition) is 4. The Labute approximate surface area is 129 Å². The summed E-state index contributed by atoms with van der Waals surface area (Å²) >= 11 is 0. The molecule has 0 unspecified atom stereocenters. The molecule has 0 radical (unpaired) electrons. The van der Waals surface area contributed by atoms with E-state index in [-0.39, 0.29) is 0 Å². The topological polar surface area (TPSA) is 49.8 Å². The molecule has 2 rings (SSSR count). The lowest BCUT2D eigenvalue weighted by molar-refractivity contribution is 0.470. The molecule has 4 heteroatoms. The van der Waals surface area contributed by atoms with Gasteiger partial charge in [0.2, 0.25) is 0 Å². The summed E-state index contributed by atoms with van der Waals surface area (Å²) in [5.41, 5.74) is 0. The summed E-state index contributed by atoms with van der Waals surface area (Å²) in [7, 11) is 0. The SMILES string of the molecule is CCNc1cc(NC2CCCCCCC2)nc(C(C)C)n1. The van der Waals surface area contributed by atoms with Crippen LogP contribution in [0.25, 0.3) is 0 Å². The van der Waals surface area contributed by atoms with Gasteiger partial charge in [0.25, 0.3) is 0 Å². The number of rotatable bonds is 5. The molecule has 0 atom stereocenters. The summed E-state index contributed by atoms with van der Waals surface area (Å²) in [6.45, 7) is 7.27. The highest BCUT2D eigenvalue weighted by atomic mass is 15.1. The molecule has 1 aromatic rings. The Bertz CT molecular complexity index is 423. The molecule has 0 saturated heterocycles. The van der Waals surface area contributed by atoms with Gasteiger partial charge in [-0.05, 0) is 19.8 Å². The average Bonchev–Trinajstić information content (AvgIpc) is 2.42. The lowest BCUT2D eigenvalue weighted by atomic mass is 9.97. The minimum absolute atomic E-state index is 0.349. The molecule has 118 valence electrons. The lowest BCUT2D eigenvalue weighted by Crippen LogP contribution is -2.22. The molecular formula is C17H30N4. The van der Waals surface area contributed by atoms with Crippen molar-refractivity contribution in [2.45, 2.75) is 77.7 Å². The zero-order chi connectivity index (χ0) is 15.1. The first-order valence-corrected chi connectivity index (χ1v) is 8.58. The van der Waals surface area contributed by atoms with E-state index in [4.69, 9.17) is 4.98 Å². The maximum atomic E-state index is 4.70. The van der Waals surface area contributed by atoms with E-state index >= 15 is 0 Å². The maximum Gasteiger partial charge on any atom is 0.135 e. The Balaban J connectivity index is 2.09. The van der Waals surface area contributed by atoms with Crippen LogP contribution in [0.4, 0.5) is 11.6 Å². The summed E-state index contributed by atoms with van der Waals surface area (Å²) in [6, 6.07) is 2.61. The van der Waals surface area contributed by atoms with Gasteiger partial charge in [-0.3, -0.25) is 0 Å². The highest BCUT2D eigenvalue weighted by molar-refractivity contribution is 5.48. The summed E-state index contributed by atoms with van der Waals surface area (Å²) in [4.78, 5) is 9.29. The third-order valence-corrected chi connectivity index (χ3v) is 4.07. The van der Waals surface area contributed by atoms with Crippen molar-refractivity contribution in [3.63, 3.8) is 0 Å². The van der Waals surface area contributed by atoms with Crippen molar-refractivity contribution in [3.8, 4) is 0 Å². The van der Waals surface area contributed by atoms with Crippen molar-refractivity contribution >= 4 is 11.6 Å². The Morgan fingerprint density at radius 3 is 2.29 bits per heavy atom. The third kappa shape index (κ3) is 5.18. The number of anilines is 2. The fourth-order valence-corrected chi connectivity index (χ4v) is 2.88. The Morgan fingerprint density at radius 2 is 1.67 bits per heavy atom. The summed E-state index contributed by atoms with van der Waals surface area (Å²) in [6.07, 6.45) is 9.35. The molecule has 1 aliphatic rings. The van der Waals surface area contributed by atoms with Gasteiger partial charge in [0.1, 0.15) is 17.5 Å². The van der Waals surface area contributed by atoms with Crippen molar-refractivity contribution in [2.24, 2.45) is 0 Å². The Kier molecular flexibility index (Phi) is 6.27. The van der Waals surface area contributed by atoms with Crippen LogP contribution in [-0.4, -0.2) is 22.6 Å². The van der Waals surface area contributed by atoms with E-state index in [1.54, 1.807) is 0 Å². The predicted octanol–water partition coefficient (Wildman–Crippen LogP) is 4.56. The smallest absolute Gasteiger partial charge is 0.135 e. The molecule has 4 nitrogen and oxygen atoms in total. The molecule has 0 aromatic carbocycles. The van der Waals surface area contributed by atoms with E-state index < -0.39 is 0 Å². The van der Waals surface area contributed by atoms with Crippen molar-refractivity contribution in [3.05, 3.63) is 11.9 Å². The van der Waals surface area contributed by atoms with Crippen LogP contribution >= 0.6 is 0 Å². The molecule has 1 aromatic heterocycles. The zero-order valence-corrected chi connectivity index (χ0v) is 13.8. The number of aromatic nitrogens is 2. The van der Waals surface area contributed by atoms with E-state index in [2.05, 4.69) is 36.4 Å². The zero-order valence-electron chi connectivity index (χ0n) is 13.8. The van der Waals surface area contributed by atoms with Crippen molar-refractivity contribution in [2.75, 3.05) is 17.2 Å². The molecule has 0 amide bonds. The third-order valence-electron chi connectivity index (χ3n) is 4.07. The van der Waals surface area contributed by atoms with Gasteiger partial charge in [0, 0.05) is 24.6 Å². The van der Waals surface area contributed by atoms with Gasteiger partial charge in [-0.15, -0.1) is 0 Å².